The van der Waals surface area contributed by atoms with Crippen LogP contribution in [0.4, 0.5) is 0 Å². The first kappa shape index (κ1) is 18.0. The second kappa shape index (κ2) is 9.05. The van der Waals surface area contributed by atoms with E-state index in [0.29, 0.717) is 23.5 Å². The van der Waals surface area contributed by atoms with Gasteiger partial charge in [-0.2, -0.15) is 5.26 Å². The summed E-state index contributed by atoms with van der Waals surface area (Å²) in [4.78, 5) is 23.6. The topological polar surface area (TPSA) is 100 Å². The SMILES string of the molecule is COCc1ccc(C(=O)NNC(=O)COc2ccc(C#N)cc2)cc1. The summed E-state index contributed by atoms with van der Waals surface area (Å²) < 4.78 is 10.3. The molecule has 0 spiro atoms. The molecule has 0 aliphatic heterocycles. The van der Waals surface area contributed by atoms with Crippen molar-refractivity contribution >= 4 is 11.8 Å². The van der Waals surface area contributed by atoms with Gasteiger partial charge in [0.2, 0.25) is 0 Å². The first-order valence-electron chi connectivity index (χ1n) is 7.42. The minimum atomic E-state index is -0.506. The highest BCUT2D eigenvalue weighted by molar-refractivity contribution is 5.95. The van der Waals surface area contributed by atoms with Gasteiger partial charge in [0.05, 0.1) is 18.2 Å². The molecule has 7 heteroatoms. The van der Waals surface area contributed by atoms with Crippen LogP contribution in [-0.4, -0.2) is 25.5 Å². The first-order chi connectivity index (χ1) is 12.1. The lowest BCUT2D eigenvalue weighted by Gasteiger charge is -2.09. The van der Waals surface area contributed by atoms with E-state index in [4.69, 9.17) is 14.7 Å². The maximum absolute atomic E-state index is 11.9. The van der Waals surface area contributed by atoms with Gasteiger partial charge < -0.3 is 9.47 Å². The van der Waals surface area contributed by atoms with Gasteiger partial charge in [-0.1, -0.05) is 12.1 Å². The molecular weight excluding hydrogens is 322 g/mol. The number of hydrogen-bond acceptors (Lipinski definition) is 5. The van der Waals surface area contributed by atoms with Crippen molar-refractivity contribution in [3.63, 3.8) is 0 Å². The van der Waals surface area contributed by atoms with Crippen molar-refractivity contribution in [2.45, 2.75) is 6.61 Å². The Kier molecular flexibility index (Phi) is 6.51. The zero-order valence-electron chi connectivity index (χ0n) is 13.6. The van der Waals surface area contributed by atoms with E-state index in [1.54, 1.807) is 55.6 Å². The molecule has 0 heterocycles. The van der Waals surface area contributed by atoms with Gasteiger partial charge in [-0.15, -0.1) is 0 Å². The van der Waals surface area contributed by atoms with Gasteiger partial charge in [0, 0.05) is 12.7 Å². The van der Waals surface area contributed by atoms with Crippen molar-refractivity contribution in [3.05, 3.63) is 65.2 Å². The van der Waals surface area contributed by atoms with Gasteiger partial charge in [0.25, 0.3) is 11.8 Å². The van der Waals surface area contributed by atoms with E-state index in [1.807, 2.05) is 6.07 Å². The third-order valence-electron chi connectivity index (χ3n) is 3.20. The molecule has 0 aromatic heterocycles. The molecule has 2 amide bonds. The Bertz CT molecular complexity index is 764. The van der Waals surface area contributed by atoms with Gasteiger partial charge in [0.1, 0.15) is 5.75 Å². The second-order valence-corrected chi connectivity index (χ2v) is 5.06. The molecule has 0 atom stereocenters. The summed E-state index contributed by atoms with van der Waals surface area (Å²) in [5.74, 6) is -0.487. The monoisotopic (exact) mass is 339 g/mol. The zero-order valence-corrected chi connectivity index (χ0v) is 13.6. The van der Waals surface area contributed by atoms with E-state index < -0.39 is 11.8 Å². The predicted molar refractivity (Wildman–Crippen MR) is 89.4 cm³/mol. The minimum Gasteiger partial charge on any atom is -0.484 e. The number of hydrogen-bond donors (Lipinski definition) is 2. The summed E-state index contributed by atoms with van der Waals surface area (Å²) >= 11 is 0. The number of hydrazine groups is 1. The van der Waals surface area contributed by atoms with Crippen LogP contribution < -0.4 is 15.6 Å². The minimum absolute atomic E-state index is 0.265. The Balaban J connectivity index is 1.76. The molecule has 0 saturated heterocycles. The number of nitriles is 1. The average Bonchev–Trinajstić information content (AvgIpc) is 2.65. The van der Waals surface area contributed by atoms with Crippen molar-refractivity contribution < 1.29 is 19.1 Å². The lowest BCUT2D eigenvalue weighted by Crippen LogP contribution is -2.43. The summed E-state index contributed by atoms with van der Waals surface area (Å²) in [5.41, 5.74) is 6.44. The molecule has 0 aliphatic carbocycles. The Labute approximate surface area is 145 Å². The van der Waals surface area contributed by atoms with E-state index in [0.717, 1.165) is 5.56 Å². The van der Waals surface area contributed by atoms with Gasteiger partial charge in [-0.3, -0.25) is 20.4 Å². The van der Waals surface area contributed by atoms with Crippen LogP contribution in [0.3, 0.4) is 0 Å². The lowest BCUT2D eigenvalue weighted by molar-refractivity contribution is -0.123. The van der Waals surface area contributed by atoms with Crippen LogP contribution in [0.1, 0.15) is 21.5 Å². The van der Waals surface area contributed by atoms with Gasteiger partial charge in [0.15, 0.2) is 6.61 Å². The van der Waals surface area contributed by atoms with Crippen molar-refractivity contribution in [2.24, 2.45) is 0 Å². The summed E-state index contributed by atoms with van der Waals surface area (Å²) in [6, 6.07) is 15.2. The molecule has 2 N–H and O–H groups in total. The standard InChI is InChI=1S/C18H17N3O4/c1-24-11-14-2-6-15(7-3-14)18(23)21-20-17(22)12-25-16-8-4-13(10-19)5-9-16/h2-9H,11-12H2,1H3,(H,20,22)(H,21,23). The van der Waals surface area contributed by atoms with Gasteiger partial charge >= 0.3 is 0 Å². The number of rotatable bonds is 6. The second-order valence-electron chi connectivity index (χ2n) is 5.06. The Morgan fingerprint density at radius 1 is 1.04 bits per heavy atom. The van der Waals surface area contributed by atoms with Crippen LogP contribution in [0.2, 0.25) is 0 Å². The van der Waals surface area contributed by atoms with Crippen LogP contribution in [0.5, 0.6) is 5.75 Å². The van der Waals surface area contributed by atoms with Crippen molar-refractivity contribution in [1.82, 2.24) is 10.9 Å². The highest BCUT2D eigenvalue weighted by Crippen LogP contribution is 2.11. The Morgan fingerprint density at radius 3 is 2.32 bits per heavy atom. The number of benzene rings is 2. The Hall–Kier alpha value is -3.37. The number of ether oxygens (including phenoxy) is 2. The quantitative estimate of drug-likeness (QED) is 0.778. The summed E-state index contributed by atoms with van der Waals surface area (Å²) in [7, 11) is 1.59. The molecular formula is C18H17N3O4. The van der Waals surface area contributed by atoms with E-state index in [2.05, 4.69) is 10.9 Å². The molecule has 7 nitrogen and oxygen atoms in total. The first-order valence-corrected chi connectivity index (χ1v) is 7.42. The molecule has 2 rings (SSSR count). The maximum atomic E-state index is 11.9. The normalized spacial score (nSPS) is 9.76. The fourth-order valence-corrected chi connectivity index (χ4v) is 1.93. The number of amides is 2. The number of carbonyl (C=O) groups excluding carboxylic acids is 2. The number of methoxy groups -OCH3 is 1. The fraction of sp³-hybridized carbons (Fsp3) is 0.167. The van der Waals surface area contributed by atoms with Crippen molar-refractivity contribution in [2.75, 3.05) is 13.7 Å². The summed E-state index contributed by atoms with van der Waals surface area (Å²) in [5, 5.41) is 8.70. The average molecular weight is 339 g/mol. The molecule has 2 aromatic carbocycles. The predicted octanol–water partition coefficient (Wildman–Crippen LogP) is 1.54. The number of nitrogens with zero attached hydrogens (tertiary/aromatic N) is 1. The summed E-state index contributed by atoms with van der Waals surface area (Å²) in [6.07, 6.45) is 0. The van der Waals surface area contributed by atoms with Crippen molar-refractivity contribution in [3.8, 4) is 11.8 Å². The molecule has 0 saturated carbocycles. The molecule has 0 radical (unpaired) electrons. The highest BCUT2D eigenvalue weighted by Gasteiger charge is 2.08. The van der Waals surface area contributed by atoms with Crippen molar-refractivity contribution in [1.29, 1.82) is 5.26 Å². The highest BCUT2D eigenvalue weighted by atomic mass is 16.5. The van der Waals surface area contributed by atoms with E-state index >= 15 is 0 Å². The van der Waals surface area contributed by atoms with Crippen LogP contribution >= 0.6 is 0 Å². The largest absolute Gasteiger partial charge is 0.484 e. The van der Waals surface area contributed by atoms with E-state index in [9.17, 15) is 9.59 Å². The van der Waals surface area contributed by atoms with E-state index in [1.165, 1.54) is 0 Å². The van der Waals surface area contributed by atoms with Gasteiger partial charge in [-0.25, -0.2) is 0 Å². The maximum Gasteiger partial charge on any atom is 0.276 e. The molecule has 128 valence electrons. The lowest BCUT2D eigenvalue weighted by atomic mass is 10.1. The molecule has 25 heavy (non-hydrogen) atoms. The molecule has 0 bridgehead atoms. The third-order valence-corrected chi connectivity index (χ3v) is 3.20. The van der Waals surface area contributed by atoms with Gasteiger partial charge in [-0.05, 0) is 42.0 Å². The van der Waals surface area contributed by atoms with Crippen LogP contribution in [0.15, 0.2) is 48.5 Å². The summed E-state index contributed by atoms with van der Waals surface area (Å²) in [6.45, 7) is 0.199. The fourth-order valence-electron chi connectivity index (χ4n) is 1.93. The number of nitrogens with one attached hydrogen (secondary N) is 2. The zero-order chi connectivity index (χ0) is 18.1. The molecule has 0 fully saturated rings. The third kappa shape index (κ3) is 5.64. The Morgan fingerprint density at radius 2 is 1.72 bits per heavy atom. The number of carbonyl (C=O) groups is 2. The molecule has 0 aliphatic rings. The van der Waals surface area contributed by atoms with Crippen LogP contribution in [0, 0.1) is 11.3 Å². The molecule has 0 unspecified atom stereocenters. The van der Waals surface area contributed by atoms with E-state index in [-0.39, 0.29) is 6.61 Å². The van der Waals surface area contributed by atoms with Crippen LogP contribution in [0.25, 0.3) is 0 Å². The molecule has 2 aromatic rings. The smallest absolute Gasteiger partial charge is 0.276 e. The van der Waals surface area contributed by atoms with Crippen LogP contribution in [-0.2, 0) is 16.1 Å².